The second-order valence-corrected chi connectivity index (χ2v) is 6.71. The van der Waals surface area contributed by atoms with E-state index in [9.17, 15) is 9.59 Å². The maximum Gasteiger partial charge on any atom is 0.324 e. The molecule has 1 aromatic rings. The number of hydrogen-bond acceptors (Lipinski definition) is 5. The first-order valence-corrected chi connectivity index (χ1v) is 7.90. The van der Waals surface area contributed by atoms with E-state index in [0.29, 0.717) is 18.2 Å². The Morgan fingerprint density at radius 1 is 1.38 bits per heavy atom. The summed E-state index contributed by atoms with van der Waals surface area (Å²) in [5, 5.41) is 14.9. The van der Waals surface area contributed by atoms with Crippen molar-refractivity contribution in [3.8, 4) is 0 Å². The van der Waals surface area contributed by atoms with Crippen LogP contribution in [0.4, 0.5) is 9.93 Å². The summed E-state index contributed by atoms with van der Waals surface area (Å²) in [6.07, 6.45) is 0. The normalized spacial score (nSPS) is 19.0. The van der Waals surface area contributed by atoms with E-state index >= 15 is 0 Å². The van der Waals surface area contributed by atoms with Gasteiger partial charge in [-0.3, -0.25) is 10.1 Å². The Balaban J connectivity index is 2.08. The van der Waals surface area contributed by atoms with Crippen LogP contribution in [0.1, 0.15) is 38.6 Å². The van der Waals surface area contributed by atoms with E-state index in [0.717, 1.165) is 5.01 Å². The molecular weight excluding hydrogens is 290 g/mol. The molecule has 1 aliphatic rings. The number of aromatic nitrogens is 2. The number of anilines is 1. The minimum Gasteiger partial charge on any atom is -0.353 e. The van der Waals surface area contributed by atoms with Crippen molar-refractivity contribution >= 4 is 28.4 Å². The van der Waals surface area contributed by atoms with Crippen molar-refractivity contribution in [3.63, 3.8) is 0 Å². The number of nitrogens with one attached hydrogen (secondary N) is 2. The Labute approximate surface area is 128 Å². The van der Waals surface area contributed by atoms with Crippen molar-refractivity contribution in [1.82, 2.24) is 20.4 Å². The topological polar surface area (TPSA) is 87.2 Å². The van der Waals surface area contributed by atoms with Crippen LogP contribution in [-0.4, -0.2) is 46.2 Å². The van der Waals surface area contributed by atoms with Gasteiger partial charge in [0.15, 0.2) is 0 Å². The van der Waals surface area contributed by atoms with Gasteiger partial charge in [-0.05, 0) is 5.92 Å². The fourth-order valence-electron chi connectivity index (χ4n) is 2.26. The molecule has 7 nitrogen and oxygen atoms in total. The Bertz CT molecular complexity index is 528. The fourth-order valence-corrected chi connectivity index (χ4v) is 2.99. The summed E-state index contributed by atoms with van der Waals surface area (Å²) in [5.41, 5.74) is 0. The fraction of sp³-hybridized carbons (Fsp3) is 0.692. The molecule has 21 heavy (non-hydrogen) atoms. The predicted octanol–water partition coefficient (Wildman–Crippen LogP) is 1.65. The number of amides is 3. The Kier molecular flexibility index (Phi) is 4.76. The molecule has 1 saturated heterocycles. The molecule has 2 rings (SSSR count). The van der Waals surface area contributed by atoms with Crippen molar-refractivity contribution in [2.24, 2.45) is 5.92 Å². The van der Waals surface area contributed by atoms with Crippen LogP contribution in [0, 0.1) is 5.92 Å². The molecule has 0 aliphatic carbocycles. The number of nitrogens with zero attached hydrogens (tertiary/aromatic N) is 3. The van der Waals surface area contributed by atoms with Gasteiger partial charge in [-0.1, -0.05) is 39.0 Å². The molecule has 1 atom stereocenters. The van der Waals surface area contributed by atoms with Crippen LogP contribution in [0.2, 0.25) is 0 Å². The van der Waals surface area contributed by atoms with Gasteiger partial charge in [-0.15, -0.1) is 10.2 Å². The van der Waals surface area contributed by atoms with E-state index in [1.165, 1.54) is 11.3 Å². The lowest BCUT2D eigenvalue weighted by atomic mass is 10.0. The summed E-state index contributed by atoms with van der Waals surface area (Å²) in [5.74, 6) is 0.223. The van der Waals surface area contributed by atoms with Gasteiger partial charge in [0.05, 0.1) is 0 Å². The zero-order valence-electron chi connectivity index (χ0n) is 12.7. The lowest BCUT2D eigenvalue weighted by Gasteiger charge is -2.36. The summed E-state index contributed by atoms with van der Waals surface area (Å²) >= 11 is 1.36. The molecule has 1 aliphatic heterocycles. The van der Waals surface area contributed by atoms with Crippen LogP contribution in [-0.2, 0) is 4.79 Å². The van der Waals surface area contributed by atoms with Gasteiger partial charge in [-0.2, -0.15) is 0 Å². The molecule has 0 radical (unpaired) electrons. The summed E-state index contributed by atoms with van der Waals surface area (Å²) in [4.78, 5) is 25.9. The largest absolute Gasteiger partial charge is 0.353 e. The van der Waals surface area contributed by atoms with Gasteiger partial charge < -0.3 is 10.2 Å². The van der Waals surface area contributed by atoms with Crippen molar-refractivity contribution in [1.29, 1.82) is 0 Å². The highest BCUT2D eigenvalue weighted by Crippen LogP contribution is 2.23. The number of urea groups is 1. The molecule has 116 valence electrons. The minimum absolute atomic E-state index is 0.0525. The number of rotatable bonds is 3. The van der Waals surface area contributed by atoms with Crippen LogP contribution in [0.5, 0.6) is 0 Å². The molecule has 0 saturated carbocycles. The zero-order valence-corrected chi connectivity index (χ0v) is 13.5. The summed E-state index contributed by atoms with van der Waals surface area (Å²) in [7, 11) is 0. The molecule has 3 amide bonds. The number of carbonyl (C=O) groups excluding carboxylic acids is 2. The monoisotopic (exact) mass is 311 g/mol. The summed E-state index contributed by atoms with van der Waals surface area (Å²) in [6.45, 7) is 8.88. The minimum atomic E-state index is -0.448. The quantitative estimate of drug-likeness (QED) is 0.888. The van der Waals surface area contributed by atoms with E-state index in [2.05, 4.69) is 20.8 Å². The van der Waals surface area contributed by atoms with Gasteiger partial charge in [0, 0.05) is 19.0 Å². The van der Waals surface area contributed by atoms with Gasteiger partial charge >= 0.3 is 6.03 Å². The van der Waals surface area contributed by atoms with Crippen molar-refractivity contribution < 1.29 is 9.59 Å². The van der Waals surface area contributed by atoms with E-state index < -0.39 is 6.04 Å². The number of piperazine rings is 1. The van der Waals surface area contributed by atoms with Crippen LogP contribution in [0.15, 0.2) is 0 Å². The first-order valence-electron chi connectivity index (χ1n) is 7.09. The van der Waals surface area contributed by atoms with Crippen LogP contribution >= 0.6 is 11.3 Å². The van der Waals surface area contributed by atoms with Crippen molar-refractivity contribution in [2.75, 3.05) is 18.4 Å². The van der Waals surface area contributed by atoms with E-state index in [1.807, 2.05) is 27.7 Å². The average molecular weight is 311 g/mol. The van der Waals surface area contributed by atoms with Crippen LogP contribution in [0.3, 0.4) is 0 Å². The lowest BCUT2D eigenvalue weighted by Crippen LogP contribution is -2.60. The van der Waals surface area contributed by atoms with Gasteiger partial charge in [0.1, 0.15) is 11.0 Å². The van der Waals surface area contributed by atoms with Gasteiger partial charge in [0.25, 0.3) is 0 Å². The van der Waals surface area contributed by atoms with Gasteiger partial charge in [0.2, 0.25) is 11.0 Å². The van der Waals surface area contributed by atoms with Crippen LogP contribution < -0.4 is 10.6 Å². The van der Waals surface area contributed by atoms with Gasteiger partial charge in [-0.25, -0.2) is 4.79 Å². The highest BCUT2D eigenvalue weighted by Gasteiger charge is 2.35. The van der Waals surface area contributed by atoms with Crippen LogP contribution in [0.25, 0.3) is 0 Å². The average Bonchev–Trinajstić information content (AvgIpc) is 2.86. The second-order valence-electron chi connectivity index (χ2n) is 5.70. The SMILES string of the molecule is CC(C)c1nnc(NC(=O)N2CCNC(=O)[C@@H]2C(C)C)s1. The van der Waals surface area contributed by atoms with Crippen molar-refractivity contribution in [2.45, 2.75) is 39.7 Å². The third kappa shape index (κ3) is 3.49. The summed E-state index contributed by atoms with van der Waals surface area (Å²) in [6, 6.07) is -0.744. The Morgan fingerprint density at radius 3 is 2.67 bits per heavy atom. The molecule has 8 heteroatoms. The lowest BCUT2D eigenvalue weighted by molar-refractivity contribution is -0.129. The Hall–Kier alpha value is -1.70. The highest BCUT2D eigenvalue weighted by molar-refractivity contribution is 7.15. The van der Waals surface area contributed by atoms with Crippen molar-refractivity contribution in [3.05, 3.63) is 5.01 Å². The maximum absolute atomic E-state index is 12.4. The molecule has 2 heterocycles. The highest BCUT2D eigenvalue weighted by atomic mass is 32.1. The number of hydrogen-bond donors (Lipinski definition) is 2. The molecule has 0 spiro atoms. The van der Waals surface area contributed by atoms with E-state index in [4.69, 9.17) is 0 Å². The molecule has 0 bridgehead atoms. The van der Waals surface area contributed by atoms with E-state index in [1.54, 1.807) is 4.90 Å². The first kappa shape index (κ1) is 15.7. The molecule has 2 N–H and O–H groups in total. The molecule has 0 aromatic carbocycles. The van der Waals surface area contributed by atoms with E-state index in [-0.39, 0.29) is 23.8 Å². The predicted molar refractivity (Wildman–Crippen MR) is 81.4 cm³/mol. The summed E-state index contributed by atoms with van der Waals surface area (Å²) < 4.78 is 0. The third-order valence-corrected chi connectivity index (χ3v) is 4.44. The second kappa shape index (κ2) is 6.38. The third-order valence-electron chi connectivity index (χ3n) is 3.30. The zero-order chi connectivity index (χ0) is 15.6. The number of carbonyl (C=O) groups is 2. The molecule has 1 fully saturated rings. The Morgan fingerprint density at radius 2 is 2.10 bits per heavy atom. The standard InChI is InChI=1S/C13H21N5O2S/c1-7(2)9-10(19)14-5-6-18(9)13(20)15-12-17-16-11(21-12)8(3)4/h7-9H,5-6H2,1-4H3,(H,14,19)(H,15,17,20)/t9-/m0/s1. The molecule has 1 aromatic heterocycles. The maximum atomic E-state index is 12.4. The first-order chi connectivity index (χ1) is 9.90. The molecular formula is C13H21N5O2S. The smallest absolute Gasteiger partial charge is 0.324 e. The molecule has 0 unspecified atom stereocenters.